The number of rotatable bonds is 5. The molecule has 0 aliphatic heterocycles. The lowest BCUT2D eigenvalue weighted by Gasteiger charge is -2.66. The van der Waals surface area contributed by atoms with Gasteiger partial charge in [0.05, 0.1) is 16.3 Å². The molecule has 3 aliphatic carbocycles. The van der Waals surface area contributed by atoms with Gasteiger partial charge < -0.3 is 10.1 Å². The van der Waals surface area contributed by atoms with Gasteiger partial charge in [0.15, 0.2) is 0 Å². The second-order valence-electron chi connectivity index (χ2n) is 7.33. The average Bonchev–Trinajstić information content (AvgIpc) is 3.03. The molecular formula is C18H22Br3NO2. The van der Waals surface area contributed by atoms with Crippen LogP contribution >= 0.6 is 47.8 Å². The molecule has 0 saturated heterocycles. The molecule has 1 amide bonds. The van der Waals surface area contributed by atoms with Crippen molar-refractivity contribution in [3.63, 3.8) is 0 Å². The predicted octanol–water partition coefficient (Wildman–Crippen LogP) is 5.00. The number of carbonyl (C=O) groups excluding carboxylic acids is 1. The van der Waals surface area contributed by atoms with E-state index < -0.39 is 0 Å². The van der Waals surface area contributed by atoms with Gasteiger partial charge >= 0.3 is 0 Å². The van der Waals surface area contributed by atoms with E-state index in [0.717, 1.165) is 24.2 Å². The van der Waals surface area contributed by atoms with E-state index in [1.807, 2.05) is 24.3 Å². The van der Waals surface area contributed by atoms with Crippen molar-refractivity contribution in [3.8, 4) is 5.75 Å². The Morgan fingerprint density at radius 1 is 1.29 bits per heavy atom. The van der Waals surface area contributed by atoms with Crippen molar-refractivity contribution in [1.82, 2.24) is 5.32 Å². The highest BCUT2D eigenvalue weighted by Gasteiger charge is 2.83. The number of methoxy groups -OCH3 is 1. The van der Waals surface area contributed by atoms with E-state index in [1.54, 1.807) is 7.11 Å². The van der Waals surface area contributed by atoms with Crippen LogP contribution in [0.1, 0.15) is 32.3 Å². The van der Waals surface area contributed by atoms with Gasteiger partial charge in [0.2, 0.25) is 5.91 Å². The van der Waals surface area contributed by atoms with Crippen LogP contribution in [-0.4, -0.2) is 21.6 Å². The van der Waals surface area contributed by atoms with Gasteiger partial charge in [-0.3, -0.25) is 4.79 Å². The molecule has 0 unspecified atom stereocenters. The Morgan fingerprint density at radius 2 is 1.92 bits per heavy atom. The minimum atomic E-state index is -0.348. The Kier molecular flexibility index (Phi) is 4.89. The molecule has 3 atom stereocenters. The first-order valence-electron chi connectivity index (χ1n) is 8.07. The zero-order valence-electron chi connectivity index (χ0n) is 14.0. The van der Waals surface area contributed by atoms with Crippen LogP contribution in [0.5, 0.6) is 5.75 Å². The van der Waals surface area contributed by atoms with Crippen LogP contribution in [0.25, 0.3) is 0 Å². The van der Waals surface area contributed by atoms with Crippen molar-refractivity contribution in [2.45, 2.75) is 41.8 Å². The minimum Gasteiger partial charge on any atom is -0.497 e. The number of benzene rings is 1. The first-order chi connectivity index (χ1) is 11.2. The summed E-state index contributed by atoms with van der Waals surface area (Å²) in [7, 11) is 1.65. The number of halogens is 3. The van der Waals surface area contributed by atoms with Crippen LogP contribution in [-0.2, 0) is 11.3 Å². The Balaban J connectivity index is 1.74. The van der Waals surface area contributed by atoms with E-state index in [-0.39, 0.29) is 30.7 Å². The highest BCUT2D eigenvalue weighted by atomic mass is 79.9. The predicted molar refractivity (Wildman–Crippen MR) is 107 cm³/mol. The van der Waals surface area contributed by atoms with Gasteiger partial charge in [0.25, 0.3) is 0 Å². The zero-order valence-corrected chi connectivity index (χ0v) is 18.8. The van der Waals surface area contributed by atoms with Gasteiger partial charge in [-0.1, -0.05) is 73.8 Å². The first-order valence-corrected chi connectivity index (χ1v) is 10.8. The summed E-state index contributed by atoms with van der Waals surface area (Å²) in [5, 5.41) is 3.16. The smallest absolute Gasteiger partial charge is 0.228 e. The SMILES string of the molecule is COc1ccc(CNC(=O)[C@@]23CC[C@@](C(Br)Br)([C@H]2Br)C3(C)C)cc1. The molecule has 0 aromatic heterocycles. The maximum Gasteiger partial charge on any atom is 0.228 e. The third kappa shape index (κ3) is 2.21. The van der Waals surface area contributed by atoms with Gasteiger partial charge in [0, 0.05) is 16.8 Å². The van der Waals surface area contributed by atoms with Crippen LogP contribution in [0.2, 0.25) is 0 Å². The Labute approximate surface area is 168 Å². The lowest BCUT2D eigenvalue weighted by molar-refractivity contribution is -0.161. The molecule has 3 nitrogen and oxygen atoms in total. The lowest BCUT2D eigenvalue weighted by Crippen LogP contribution is -2.72. The molecule has 2 bridgehead atoms. The summed E-state index contributed by atoms with van der Waals surface area (Å²) in [6.07, 6.45) is 1.95. The average molecular weight is 524 g/mol. The molecule has 1 N–H and O–H groups in total. The molecule has 0 spiro atoms. The van der Waals surface area contributed by atoms with Crippen molar-refractivity contribution < 1.29 is 9.53 Å². The van der Waals surface area contributed by atoms with Crippen LogP contribution in [0.3, 0.4) is 0 Å². The zero-order chi connectivity index (χ0) is 17.8. The Morgan fingerprint density at radius 3 is 2.38 bits per heavy atom. The number of nitrogens with one attached hydrogen (secondary N) is 1. The summed E-state index contributed by atoms with van der Waals surface area (Å²) < 4.78 is 5.37. The fourth-order valence-electron chi connectivity index (χ4n) is 4.78. The molecule has 3 saturated carbocycles. The van der Waals surface area contributed by atoms with Gasteiger partial charge in [-0.15, -0.1) is 0 Å². The molecule has 0 heterocycles. The van der Waals surface area contributed by atoms with E-state index in [2.05, 4.69) is 67.0 Å². The van der Waals surface area contributed by atoms with Crippen LogP contribution < -0.4 is 10.1 Å². The normalized spacial score (nSPS) is 33.2. The molecule has 132 valence electrons. The third-order valence-corrected chi connectivity index (χ3v) is 9.74. The largest absolute Gasteiger partial charge is 0.497 e. The Bertz CT molecular complexity index is 646. The molecule has 6 heteroatoms. The quantitative estimate of drug-likeness (QED) is 0.552. The van der Waals surface area contributed by atoms with Crippen LogP contribution in [0, 0.1) is 16.2 Å². The van der Waals surface area contributed by atoms with Crippen molar-refractivity contribution in [1.29, 1.82) is 0 Å². The number of ether oxygens (including phenoxy) is 1. The van der Waals surface area contributed by atoms with E-state index in [4.69, 9.17) is 4.74 Å². The van der Waals surface area contributed by atoms with Crippen molar-refractivity contribution >= 4 is 53.7 Å². The number of carbonyl (C=O) groups is 1. The number of amides is 1. The van der Waals surface area contributed by atoms with E-state index in [1.165, 1.54) is 0 Å². The topological polar surface area (TPSA) is 38.3 Å². The van der Waals surface area contributed by atoms with Gasteiger partial charge in [-0.05, 0) is 36.0 Å². The second kappa shape index (κ2) is 6.27. The molecule has 1 aromatic rings. The fourth-order valence-corrected chi connectivity index (χ4v) is 9.70. The number of hydrogen-bond donors (Lipinski definition) is 1. The van der Waals surface area contributed by atoms with Gasteiger partial charge in [-0.25, -0.2) is 0 Å². The van der Waals surface area contributed by atoms with Gasteiger partial charge in [0.1, 0.15) is 5.75 Å². The summed E-state index contributed by atoms with van der Waals surface area (Å²) in [4.78, 5) is 13.3. The molecule has 4 rings (SSSR count). The van der Waals surface area contributed by atoms with Crippen molar-refractivity contribution in [2.75, 3.05) is 7.11 Å². The summed E-state index contributed by atoms with van der Waals surface area (Å²) in [5.41, 5.74) is 0.714. The monoisotopic (exact) mass is 521 g/mol. The van der Waals surface area contributed by atoms with Crippen molar-refractivity contribution in [2.24, 2.45) is 16.2 Å². The summed E-state index contributed by atoms with van der Waals surface area (Å²) in [6, 6.07) is 7.81. The minimum absolute atomic E-state index is 0.0600. The van der Waals surface area contributed by atoms with E-state index in [0.29, 0.717) is 6.54 Å². The molecular weight excluding hydrogens is 502 g/mol. The standard InChI is InChI=1S/C18H22Br3NO2/c1-16(2)17(14(20)21)8-9-18(16,13(17)19)15(23)22-10-11-4-6-12(24-3)7-5-11/h4-7,13-14H,8-10H2,1-3H3,(H,22,23)/t13-,17+,18-/m1/s1. The van der Waals surface area contributed by atoms with E-state index in [9.17, 15) is 4.79 Å². The Hall–Kier alpha value is -0.0700. The second-order valence-corrected chi connectivity index (χ2v) is 11.3. The molecule has 0 radical (unpaired) electrons. The molecule has 1 aromatic carbocycles. The summed E-state index contributed by atoms with van der Waals surface area (Å²) in [6.45, 7) is 4.99. The first kappa shape index (κ1) is 18.7. The van der Waals surface area contributed by atoms with Gasteiger partial charge in [-0.2, -0.15) is 0 Å². The number of fused-ring (bicyclic) bond motifs is 1. The lowest BCUT2D eigenvalue weighted by atomic mass is 9.43. The van der Waals surface area contributed by atoms with Crippen LogP contribution in [0.4, 0.5) is 0 Å². The maximum atomic E-state index is 13.1. The highest BCUT2D eigenvalue weighted by molar-refractivity contribution is 9.24. The summed E-state index contributed by atoms with van der Waals surface area (Å²) in [5.74, 6) is 0.976. The summed E-state index contributed by atoms with van der Waals surface area (Å²) >= 11 is 11.3. The molecule has 3 aliphatic rings. The van der Waals surface area contributed by atoms with Crippen LogP contribution in [0.15, 0.2) is 24.3 Å². The molecule has 24 heavy (non-hydrogen) atoms. The van der Waals surface area contributed by atoms with E-state index >= 15 is 0 Å². The maximum absolute atomic E-state index is 13.1. The number of alkyl halides is 3. The third-order valence-electron chi connectivity index (χ3n) is 6.50. The van der Waals surface area contributed by atoms with Crippen molar-refractivity contribution in [3.05, 3.63) is 29.8 Å². The molecule has 3 fully saturated rings. The fraction of sp³-hybridized carbons (Fsp3) is 0.611. The number of hydrogen-bond acceptors (Lipinski definition) is 2. The highest BCUT2D eigenvalue weighted by Crippen LogP contribution is 2.82.